The lowest BCUT2D eigenvalue weighted by Gasteiger charge is -2.23. The van der Waals surface area contributed by atoms with Crippen LogP contribution in [0.2, 0.25) is 5.02 Å². The van der Waals surface area contributed by atoms with Gasteiger partial charge in [0, 0.05) is 50.3 Å². The van der Waals surface area contributed by atoms with Crippen molar-refractivity contribution < 1.29 is 13.6 Å². The van der Waals surface area contributed by atoms with Crippen LogP contribution in [0.15, 0.2) is 59.1 Å². The van der Waals surface area contributed by atoms with Crippen LogP contribution in [0.3, 0.4) is 0 Å². The van der Waals surface area contributed by atoms with Gasteiger partial charge in [-0.15, -0.1) is 0 Å². The highest BCUT2D eigenvalue weighted by Crippen LogP contribution is 2.28. The van der Waals surface area contributed by atoms with E-state index in [0.29, 0.717) is 42.6 Å². The maximum atomic E-state index is 13.2. The second-order valence-corrected chi connectivity index (χ2v) is 7.70. The van der Waals surface area contributed by atoms with Crippen LogP contribution in [-0.2, 0) is 11.2 Å². The summed E-state index contributed by atoms with van der Waals surface area (Å²) in [6, 6.07) is 13.9. The smallest absolute Gasteiger partial charge is 0.223 e. The minimum absolute atomic E-state index is 0.0912. The van der Waals surface area contributed by atoms with Crippen molar-refractivity contribution in [3.8, 4) is 11.3 Å². The van der Waals surface area contributed by atoms with Crippen molar-refractivity contribution in [2.24, 2.45) is 0 Å². The van der Waals surface area contributed by atoms with Gasteiger partial charge in [0.05, 0.1) is 11.2 Å². The number of carbonyl (C=O) groups excluding carboxylic acids is 1. The molecule has 156 valence electrons. The van der Waals surface area contributed by atoms with Gasteiger partial charge in [-0.05, 0) is 42.8 Å². The third-order valence-electron chi connectivity index (χ3n) is 5.29. The van der Waals surface area contributed by atoms with E-state index in [1.54, 1.807) is 24.4 Å². The van der Waals surface area contributed by atoms with E-state index in [2.05, 4.69) is 9.88 Å². The molecule has 0 spiro atoms. The fourth-order valence-corrected chi connectivity index (χ4v) is 3.89. The Morgan fingerprint density at radius 2 is 1.87 bits per heavy atom. The largest absolute Gasteiger partial charge is 0.441 e. The van der Waals surface area contributed by atoms with E-state index < -0.39 is 0 Å². The summed E-state index contributed by atoms with van der Waals surface area (Å²) >= 11 is 6.21. The van der Waals surface area contributed by atoms with E-state index in [4.69, 9.17) is 16.0 Å². The topological polar surface area (TPSA) is 49.6 Å². The van der Waals surface area contributed by atoms with Crippen molar-refractivity contribution >= 4 is 23.2 Å². The molecule has 2 heterocycles. The number of anilines is 1. The minimum atomic E-state index is -0.241. The number of aryl methyl sites for hydroxylation is 1. The summed E-state index contributed by atoms with van der Waals surface area (Å²) in [6.45, 7) is 2.93. The third-order valence-corrected chi connectivity index (χ3v) is 5.62. The fraction of sp³-hybridized carbons (Fsp3) is 0.304. The molecular formula is C23H23ClFN3O2. The molecule has 0 saturated carbocycles. The van der Waals surface area contributed by atoms with Gasteiger partial charge in [-0.25, -0.2) is 9.37 Å². The van der Waals surface area contributed by atoms with Gasteiger partial charge in [0.2, 0.25) is 5.91 Å². The van der Waals surface area contributed by atoms with Crippen molar-refractivity contribution in [1.29, 1.82) is 0 Å². The van der Waals surface area contributed by atoms with Crippen LogP contribution in [0.5, 0.6) is 0 Å². The first-order chi connectivity index (χ1) is 14.6. The van der Waals surface area contributed by atoms with Crippen LogP contribution in [0.1, 0.15) is 18.7 Å². The molecule has 4 rings (SSSR count). The van der Waals surface area contributed by atoms with E-state index >= 15 is 0 Å². The Morgan fingerprint density at radius 3 is 2.67 bits per heavy atom. The first-order valence-electron chi connectivity index (χ1n) is 10.1. The van der Waals surface area contributed by atoms with Gasteiger partial charge in [-0.2, -0.15) is 0 Å². The lowest BCUT2D eigenvalue weighted by atomic mass is 10.2. The molecule has 1 aromatic heterocycles. The lowest BCUT2D eigenvalue weighted by molar-refractivity contribution is -0.131. The normalized spacial score (nSPS) is 14.6. The van der Waals surface area contributed by atoms with Crippen molar-refractivity contribution in [1.82, 2.24) is 9.88 Å². The Balaban J connectivity index is 1.31. The average Bonchev–Trinajstić information content (AvgIpc) is 3.08. The first-order valence-corrected chi connectivity index (χ1v) is 10.5. The Bertz CT molecular complexity index is 1010. The number of rotatable bonds is 5. The maximum Gasteiger partial charge on any atom is 0.223 e. The Hall–Kier alpha value is -2.86. The number of halogens is 2. The predicted molar refractivity (Wildman–Crippen MR) is 115 cm³/mol. The second-order valence-electron chi connectivity index (χ2n) is 7.30. The van der Waals surface area contributed by atoms with Gasteiger partial charge < -0.3 is 14.2 Å². The van der Waals surface area contributed by atoms with Gasteiger partial charge in [0.25, 0.3) is 0 Å². The molecule has 30 heavy (non-hydrogen) atoms. The zero-order valence-electron chi connectivity index (χ0n) is 16.6. The number of hydrogen-bond donors (Lipinski definition) is 0. The van der Waals surface area contributed by atoms with E-state index in [0.717, 1.165) is 30.8 Å². The van der Waals surface area contributed by atoms with E-state index in [-0.39, 0.29) is 11.7 Å². The standard InChI is InChI=1S/C23H23ClFN3O2/c24-20-5-2-1-4-19(20)21-16-26-22(30-21)10-11-23(29)28-13-3-12-27(14-15-28)18-8-6-17(25)7-9-18/h1-2,4-9,16H,3,10-15H2. The highest BCUT2D eigenvalue weighted by atomic mass is 35.5. The predicted octanol–water partition coefficient (Wildman–Crippen LogP) is 4.81. The minimum Gasteiger partial charge on any atom is -0.441 e. The number of benzene rings is 2. The molecule has 1 fully saturated rings. The molecule has 0 bridgehead atoms. The van der Waals surface area contributed by atoms with E-state index in [1.807, 2.05) is 23.1 Å². The highest BCUT2D eigenvalue weighted by Gasteiger charge is 2.20. The van der Waals surface area contributed by atoms with Crippen LogP contribution in [0, 0.1) is 5.82 Å². The zero-order chi connectivity index (χ0) is 20.9. The molecule has 1 amide bonds. The molecule has 0 N–H and O–H groups in total. The van der Waals surface area contributed by atoms with Crippen molar-refractivity contribution in [3.63, 3.8) is 0 Å². The van der Waals surface area contributed by atoms with Crippen LogP contribution < -0.4 is 4.90 Å². The summed E-state index contributed by atoms with van der Waals surface area (Å²) in [4.78, 5) is 21.1. The number of aromatic nitrogens is 1. The van der Waals surface area contributed by atoms with Gasteiger partial charge in [0.15, 0.2) is 11.7 Å². The summed E-state index contributed by atoms with van der Waals surface area (Å²) < 4.78 is 18.9. The number of oxazole rings is 1. The lowest BCUT2D eigenvalue weighted by Crippen LogP contribution is -2.35. The van der Waals surface area contributed by atoms with Crippen molar-refractivity contribution in [2.75, 3.05) is 31.1 Å². The summed E-state index contributed by atoms with van der Waals surface area (Å²) in [6.07, 6.45) is 3.31. The average molecular weight is 428 g/mol. The molecule has 5 nitrogen and oxygen atoms in total. The van der Waals surface area contributed by atoms with Crippen molar-refractivity contribution in [2.45, 2.75) is 19.3 Å². The van der Waals surface area contributed by atoms with E-state index in [9.17, 15) is 9.18 Å². The molecule has 0 radical (unpaired) electrons. The summed E-state index contributed by atoms with van der Waals surface area (Å²) in [5, 5.41) is 0.603. The second kappa shape index (κ2) is 9.30. The molecule has 1 saturated heterocycles. The summed E-state index contributed by atoms with van der Waals surface area (Å²) in [5.74, 6) is 0.983. The van der Waals surface area contributed by atoms with Crippen LogP contribution in [0.4, 0.5) is 10.1 Å². The molecule has 7 heteroatoms. The molecule has 2 aromatic carbocycles. The maximum absolute atomic E-state index is 13.2. The molecule has 0 atom stereocenters. The fourth-order valence-electron chi connectivity index (χ4n) is 3.66. The first kappa shape index (κ1) is 20.4. The number of amides is 1. The van der Waals surface area contributed by atoms with Crippen LogP contribution in [-0.4, -0.2) is 42.0 Å². The van der Waals surface area contributed by atoms with Gasteiger partial charge in [0.1, 0.15) is 5.82 Å². The molecule has 1 aliphatic rings. The number of hydrogen-bond acceptors (Lipinski definition) is 4. The van der Waals surface area contributed by atoms with Gasteiger partial charge >= 0.3 is 0 Å². The van der Waals surface area contributed by atoms with Crippen molar-refractivity contribution in [3.05, 3.63) is 71.5 Å². The Kier molecular flexibility index (Phi) is 6.33. The summed E-state index contributed by atoms with van der Waals surface area (Å²) in [7, 11) is 0. The SMILES string of the molecule is O=C(CCc1ncc(-c2ccccc2Cl)o1)N1CCCN(c2ccc(F)cc2)CC1. The highest BCUT2D eigenvalue weighted by molar-refractivity contribution is 6.33. The zero-order valence-corrected chi connectivity index (χ0v) is 17.3. The molecule has 3 aromatic rings. The van der Waals surface area contributed by atoms with Crippen LogP contribution in [0.25, 0.3) is 11.3 Å². The van der Waals surface area contributed by atoms with Gasteiger partial charge in [-0.3, -0.25) is 4.79 Å². The molecule has 0 unspecified atom stereocenters. The Morgan fingerprint density at radius 1 is 1.07 bits per heavy atom. The quantitative estimate of drug-likeness (QED) is 0.586. The van der Waals surface area contributed by atoms with E-state index in [1.165, 1.54) is 12.1 Å². The summed E-state index contributed by atoms with van der Waals surface area (Å²) in [5.41, 5.74) is 1.77. The molecule has 1 aliphatic heterocycles. The molecular weight excluding hydrogens is 405 g/mol. The Labute approximate surface area is 180 Å². The third kappa shape index (κ3) is 4.82. The monoisotopic (exact) mass is 427 g/mol. The molecule has 0 aliphatic carbocycles. The van der Waals surface area contributed by atoms with Gasteiger partial charge in [-0.1, -0.05) is 23.7 Å². The number of carbonyl (C=O) groups is 1. The van der Waals surface area contributed by atoms with Crippen LogP contribution >= 0.6 is 11.6 Å². The number of nitrogens with zero attached hydrogens (tertiary/aromatic N) is 3.